The number of carbonyl (C=O) groups is 1. The average molecular weight is 288 g/mol. The van der Waals surface area contributed by atoms with E-state index >= 15 is 0 Å². The minimum Gasteiger partial charge on any atom is -0.467 e. The molecule has 5 heteroatoms. The summed E-state index contributed by atoms with van der Waals surface area (Å²) in [6.07, 6.45) is 2.61. The summed E-state index contributed by atoms with van der Waals surface area (Å²) in [5, 5.41) is 6.34. The molecule has 0 spiro atoms. The lowest BCUT2D eigenvalue weighted by molar-refractivity contribution is -0.113. The summed E-state index contributed by atoms with van der Waals surface area (Å²) in [6.45, 7) is 2.11. The molecule has 0 fully saturated rings. The van der Waals surface area contributed by atoms with Crippen molar-refractivity contribution in [2.75, 3.05) is 16.4 Å². The van der Waals surface area contributed by atoms with E-state index in [1.807, 2.05) is 30.3 Å². The summed E-state index contributed by atoms with van der Waals surface area (Å²) < 4.78 is 5.45. The molecule has 0 radical (unpaired) electrons. The fourth-order valence-corrected chi connectivity index (χ4v) is 3.03. The van der Waals surface area contributed by atoms with E-state index < -0.39 is 0 Å². The first kappa shape index (κ1) is 13.1. The molecular weight excluding hydrogens is 272 g/mol. The number of furan rings is 1. The number of carbonyl (C=O) groups excluding carboxylic acids is 1. The Labute approximate surface area is 121 Å². The van der Waals surface area contributed by atoms with Gasteiger partial charge >= 0.3 is 0 Å². The van der Waals surface area contributed by atoms with E-state index in [-0.39, 0.29) is 11.9 Å². The molecule has 4 nitrogen and oxygen atoms in total. The molecule has 1 aromatic carbocycles. The first-order valence-corrected chi connectivity index (χ1v) is 7.61. The van der Waals surface area contributed by atoms with Crippen molar-refractivity contribution in [1.29, 1.82) is 0 Å². The Hall–Kier alpha value is -1.88. The smallest absolute Gasteiger partial charge is 0.234 e. The first-order valence-electron chi connectivity index (χ1n) is 6.63. The second-order valence-corrected chi connectivity index (χ2v) is 5.69. The summed E-state index contributed by atoms with van der Waals surface area (Å²) in [5.41, 5.74) is 1.86. The van der Waals surface area contributed by atoms with Crippen molar-refractivity contribution in [1.82, 2.24) is 0 Å². The molecule has 1 unspecified atom stereocenters. The minimum atomic E-state index is 0.0535. The largest absolute Gasteiger partial charge is 0.467 e. The summed E-state index contributed by atoms with van der Waals surface area (Å²) in [5.74, 6) is 1.46. The van der Waals surface area contributed by atoms with Gasteiger partial charge in [-0.3, -0.25) is 4.79 Å². The number of fused-ring (bicyclic) bond motifs is 1. The fourth-order valence-electron chi connectivity index (χ4n) is 2.24. The molecule has 0 aliphatic carbocycles. The third-order valence-electron chi connectivity index (χ3n) is 3.25. The van der Waals surface area contributed by atoms with Crippen LogP contribution in [0, 0.1) is 0 Å². The average Bonchev–Trinajstić information content (AvgIpc) is 2.98. The first-order chi connectivity index (χ1) is 9.76. The lowest BCUT2D eigenvalue weighted by Crippen LogP contribution is -2.19. The van der Waals surface area contributed by atoms with Gasteiger partial charge in [0.1, 0.15) is 5.76 Å². The zero-order valence-electron chi connectivity index (χ0n) is 11.2. The number of hydrogen-bond donors (Lipinski definition) is 2. The minimum absolute atomic E-state index is 0.0535. The van der Waals surface area contributed by atoms with Crippen molar-refractivity contribution in [2.45, 2.75) is 24.3 Å². The summed E-state index contributed by atoms with van der Waals surface area (Å²) >= 11 is 1.57. The van der Waals surface area contributed by atoms with Gasteiger partial charge in [0.15, 0.2) is 0 Å². The van der Waals surface area contributed by atoms with Crippen LogP contribution in [0.5, 0.6) is 0 Å². The Kier molecular flexibility index (Phi) is 3.69. The Bertz CT molecular complexity index is 610. The Morgan fingerprint density at radius 3 is 3.10 bits per heavy atom. The van der Waals surface area contributed by atoms with Crippen LogP contribution in [0.15, 0.2) is 45.9 Å². The molecule has 20 heavy (non-hydrogen) atoms. The normalized spacial score (nSPS) is 15.3. The molecule has 0 bridgehead atoms. The van der Waals surface area contributed by atoms with Gasteiger partial charge in [-0.25, -0.2) is 0 Å². The summed E-state index contributed by atoms with van der Waals surface area (Å²) in [6, 6.07) is 10.0. The Morgan fingerprint density at radius 2 is 2.35 bits per heavy atom. The molecule has 2 heterocycles. The van der Waals surface area contributed by atoms with Crippen molar-refractivity contribution in [3.63, 3.8) is 0 Å². The molecular formula is C15H16N2O2S. The van der Waals surface area contributed by atoms with Crippen molar-refractivity contribution in [2.24, 2.45) is 0 Å². The predicted octanol–water partition coefficient (Wildman–Crippen LogP) is 3.89. The Morgan fingerprint density at radius 1 is 1.45 bits per heavy atom. The van der Waals surface area contributed by atoms with Crippen LogP contribution in [0.4, 0.5) is 11.4 Å². The van der Waals surface area contributed by atoms with Crippen molar-refractivity contribution in [3.8, 4) is 0 Å². The lowest BCUT2D eigenvalue weighted by atomic mass is 10.1. The van der Waals surface area contributed by atoms with Crippen LogP contribution in [0.1, 0.15) is 25.1 Å². The SMILES string of the molecule is CCC(Nc1ccc2c(c1)NC(=O)CS2)c1ccco1. The highest BCUT2D eigenvalue weighted by atomic mass is 32.2. The zero-order chi connectivity index (χ0) is 13.9. The van der Waals surface area contributed by atoms with Crippen LogP contribution in [-0.4, -0.2) is 11.7 Å². The third-order valence-corrected chi connectivity index (χ3v) is 4.32. The quantitative estimate of drug-likeness (QED) is 0.896. The number of rotatable bonds is 4. The van der Waals surface area contributed by atoms with Crippen molar-refractivity contribution < 1.29 is 9.21 Å². The van der Waals surface area contributed by atoms with Gasteiger partial charge in [-0.05, 0) is 36.8 Å². The van der Waals surface area contributed by atoms with Gasteiger partial charge in [-0.2, -0.15) is 0 Å². The second-order valence-electron chi connectivity index (χ2n) is 4.67. The van der Waals surface area contributed by atoms with Gasteiger partial charge in [0.05, 0.1) is 23.7 Å². The number of hydrogen-bond acceptors (Lipinski definition) is 4. The molecule has 0 saturated carbocycles. The highest BCUT2D eigenvalue weighted by Gasteiger charge is 2.17. The van der Waals surface area contributed by atoms with E-state index in [1.165, 1.54) is 0 Å². The third kappa shape index (κ3) is 2.67. The van der Waals surface area contributed by atoms with E-state index in [9.17, 15) is 4.79 Å². The van der Waals surface area contributed by atoms with Crippen LogP contribution in [0.3, 0.4) is 0 Å². The second kappa shape index (κ2) is 5.63. The number of benzene rings is 1. The van der Waals surface area contributed by atoms with Gasteiger partial charge in [0.25, 0.3) is 0 Å². The van der Waals surface area contributed by atoms with E-state index in [2.05, 4.69) is 17.6 Å². The monoisotopic (exact) mass is 288 g/mol. The van der Waals surface area contributed by atoms with E-state index in [0.717, 1.165) is 28.5 Å². The molecule has 1 aliphatic heterocycles. The van der Waals surface area contributed by atoms with Crippen molar-refractivity contribution >= 4 is 29.0 Å². The Balaban J connectivity index is 1.80. The van der Waals surface area contributed by atoms with Gasteiger partial charge in [-0.1, -0.05) is 6.92 Å². The van der Waals surface area contributed by atoms with Gasteiger partial charge < -0.3 is 15.1 Å². The molecule has 2 aromatic rings. The van der Waals surface area contributed by atoms with Crippen LogP contribution in [0.25, 0.3) is 0 Å². The topological polar surface area (TPSA) is 54.3 Å². The molecule has 0 saturated heterocycles. The molecule has 1 amide bonds. The highest BCUT2D eigenvalue weighted by molar-refractivity contribution is 8.00. The highest BCUT2D eigenvalue weighted by Crippen LogP contribution is 2.34. The maximum absolute atomic E-state index is 11.4. The van der Waals surface area contributed by atoms with E-state index in [1.54, 1.807) is 18.0 Å². The summed E-state index contributed by atoms with van der Waals surface area (Å²) in [4.78, 5) is 12.5. The molecule has 104 valence electrons. The van der Waals surface area contributed by atoms with E-state index in [0.29, 0.717) is 5.75 Å². The number of anilines is 2. The van der Waals surface area contributed by atoms with Gasteiger partial charge in [0.2, 0.25) is 5.91 Å². The van der Waals surface area contributed by atoms with E-state index in [4.69, 9.17) is 4.42 Å². The zero-order valence-corrected chi connectivity index (χ0v) is 12.0. The van der Waals surface area contributed by atoms with Crippen LogP contribution >= 0.6 is 11.8 Å². The molecule has 1 aliphatic rings. The van der Waals surface area contributed by atoms with Gasteiger partial charge in [-0.15, -0.1) is 11.8 Å². The number of thioether (sulfide) groups is 1. The lowest BCUT2D eigenvalue weighted by Gasteiger charge is -2.20. The maximum Gasteiger partial charge on any atom is 0.234 e. The standard InChI is InChI=1S/C15H16N2O2S/c1-2-11(13-4-3-7-19-13)16-10-5-6-14-12(8-10)17-15(18)9-20-14/h3-8,11,16H,2,9H2,1H3,(H,17,18). The molecule has 1 aromatic heterocycles. The van der Waals surface area contributed by atoms with Crippen molar-refractivity contribution in [3.05, 3.63) is 42.4 Å². The molecule has 2 N–H and O–H groups in total. The van der Waals surface area contributed by atoms with Crippen LogP contribution in [0.2, 0.25) is 0 Å². The molecule has 1 atom stereocenters. The predicted molar refractivity (Wildman–Crippen MR) is 81.2 cm³/mol. The van der Waals surface area contributed by atoms with Gasteiger partial charge in [0, 0.05) is 10.6 Å². The number of amides is 1. The maximum atomic E-state index is 11.4. The van der Waals surface area contributed by atoms with Crippen LogP contribution in [-0.2, 0) is 4.79 Å². The number of nitrogens with one attached hydrogen (secondary N) is 2. The molecule has 3 rings (SSSR count). The fraction of sp³-hybridized carbons (Fsp3) is 0.267. The van der Waals surface area contributed by atoms with Crippen LogP contribution < -0.4 is 10.6 Å². The summed E-state index contributed by atoms with van der Waals surface area (Å²) in [7, 11) is 0.